The first-order chi connectivity index (χ1) is 8.95. The summed E-state index contributed by atoms with van der Waals surface area (Å²) < 4.78 is 23.1. The number of carbonyl (C=O) groups excluding carboxylic acids is 1. The molecule has 0 aromatic heterocycles. The van der Waals surface area contributed by atoms with Gasteiger partial charge in [0.1, 0.15) is 6.29 Å². The van der Waals surface area contributed by atoms with E-state index >= 15 is 0 Å². The van der Waals surface area contributed by atoms with Crippen molar-refractivity contribution in [3.63, 3.8) is 0 Å². The summed E-state index contributed by atoms with van der Waals surface area (Å²) in [4.78, 5) is 11.4. The Bertz CT molecular complexity index is 317. The molecule has 0 heterocycles. The van der Waals surface area contributed by atoms with Gasteiger partial charge in [-0.2, -0.15) is 0 Å². The Morgan fingerprint density at radius 1 is 1.16 bits per heavy atom. The summed E-state index contributed by atoms with van der Waals surface area (Å²) in [6.07, 6.45) is 3.43. The largest absolute Gasteiger partial charge is 0.349 e. The summed E-state index contributed by atoms with van der Waals surface area (Å²) in [5.41, 5.74) is 0.369. The van der Waals surface area contributed by atoms with Crippen molar-refractivity contribution in [1.82, 2.24) is 5.32 Å². The van der Waals surface area contributed by atoms with Crippen LogP contribution in [0.25, 0.3) is 0 Å². The fourth-order valence-electron chi connectivity index (χ4n) is 1.14. The topological polar surface area (TPSA) is 64.6 Å². The Labute approximate surface area is 116 Å². The van der Waals surface area contributed by atoms with Crippen molar-refractivity contribution >= 4 is 13.5 Å². The van der Waals surface area contributed by atoms with Crippen LogP contribution in [0.4, 0.5) is 0 Å². The van der Waals surface area contributed by atoms with Gasteiger partial charge in [-0.15, -0.1) is 0 Å². The Balaban J connectivity index is 4.34. The maximum atomic E-state index is 12.4. The summed E-state index contributed by atoms with van der Waals surface area (Å²) in [7, 11) is -3.25. The molecule has 0 atom stereocenters. The highest BCUT2D eigenvalue weighted by Gasteiger charge is 2.25. The molecule has 0 rings (SSSR count). The van der Waals surface area contributed by atoms with Crippen LogP contribution in [-0.2, 0) is 18.4 Å². The van der Waals surface area contributed by atoms with Crippen LogP contribution in [0, 0.1) is 0 Å². The highest BCUT2D eigenvalue weighted by atomic mass is 31.2. The molecule has 0 spiro atoms. The summed E-state index contributed by atoms with van der Waals surface area (Å²) in [5.74, 6) is -0.335. The van der Waals surface area contributed by atoms with E-state index in [-0.39, 0.29) is 12.2 Å². The van der Waals surface area contributed by atoms with E-state index in [0.717, 1.165) is 25.7 Å². The van der Waals surface area contributed by atoms with Crippen LogP contribution < -0.4 is 5.32 Å². The first-order valence-electron chi connectivity index (χ1n) is 6.77. The van der Waals surface area contributed by atoms with Gasteiger partial charge in [0.25, 0.3) is 0 Å². The smallest absolute Gasteiger partial charge is 0.341 e. The van der Waals surface area contributed by atoms with Crippen LogP contribution in [0.15, 0.2) is 12.2 Å². The average molecular weight is 291 g/mol. The Morgan fingerprint density at radius 2 is 1.63 bits per heavy atom. The second-order valence-corrected chi connectivity index (χ2v) is 6.48. The standard InChI is InChI=1S/C13H26NO4P/c1-5-7-9-17-19(16,18-10-8-6-2)11-14-13(15)12(3)4/h3,5-11H2,1-2,4H3,(H,14,15). The van der Waals surface area contributed by atoms with E-state index in [4.69, 9.17) is 9.05 Å². The van der Waals surface area contributed by atoms with E-state index in [1.807, 2.05) is 13.8 Å². The van der Waals surface area contributed by atoms with Crippen molar-refractivity contribution < 1.29 is 18.4 Å². The van der Waals surface area contributed by atoms with Crippen molar-refractivity contribution in [1.29, 1.82) is 0 Å². The van der Waals surface area contributed by atoms with Crippen molar-refractivity contribution in [2.24, 2.45) is 0 Å². The second kappa shape index (κ2) is 10.2. The summed E-state index contributed by atoms with van der Waals surface area (Å²) >= 11 is 0. The van der Waals surface area contributed by atoms with Gasteiger partial charge in [-0.05, 0) is 19.8 Å². The van der Waals surface area contributed by atoms with E-state index in [9.17, 15) is 9.36 Å². The quantitative estimate of drug-likeness (QED) is 0.360. The molecule has 1 N–H and O–H groups in total. The summed E-state index contributed by atoms with van der Waals surface area (Å²) in [5, 5.41) is 2.52. The fraction of sp³-hybridized carbons (Fsp3) is 0.769. The van der Waals surface area contributed by atoms with Crippen LogP contribution in [-0.4, -0.2) is 25.4 Å². The third kappa shape index (κ3) is 8.98. The predicted molar refractivity (Wildman–Crippen MR) is 77.2 cm³/mol. The summed E-state index contributed by atoms with van der Waals surface area (Å²) in [6, 6.07) is 0. The van der Waals surface area contributed by atoms with Gasteiger partial charge in [-0.25, -0.2) is 0 Å². The van der Waals surface area contributed by atoms with Crippen LogP contribution >= 0.6 is 7.60 Å². The fourth-order valence-corrected chi connectivity index (χ4v) is 2.55. The molecule has 5 nitrogen and oxygen atoms in total. The molecule has 19 heavy (non-hydrogen) atoms. The second-order valence-electron chi connectivity index (χ2n) is 4.43. The number of hydrogen-bond acceptors (Lipinski definition) is 4. The molecule has 0 bridgehead atoms. The van der Waals surface area contributed by atoms with E-state index in [1.165, 1.54) is 0 Å². The molecule has 1 amide bonds. The van der Waals surface area contributed by atoms with Gasteiger partial charge in [-0.3, -0.25) is 9.36 Å². The molecule has 0 aliphatic heterocycles. The molecule has 6 heteroatoms. The van der Waals surface area contributed by atoms with E-state index in [0.29, 0.717) is 18.8 Å². The van der Waals surface area contributed by atoms with E-state index in [2.05, 4.69) is 11.9 Å². The van der Waals surface area contributed by atoms with Gasteiger partial charge in [0.2, 0.25) is 5.91 Å². The lowest BCUT2D eigenvalue weighted by Gasteiger charge is -2.19. The SMILES string of the molecule is C=C(C)C(=O)NCP(=O)(OCCCC)OCCCC. The van der Waals surface area contributed by atoms with Crippen molar-refractivity contribution in [3.05, 3.63) is 12.2 Å². The number of amides is 1. The van der Waals surface area contributed by atoms with Crippen LogP contribution in [0.5, 0.6) is 0 Å². The molecule has 0 unspecified atom stereocenters. The number of hydrogen-bond donors (Lipinski definition) is 1. The van der Waals surface area contributed by atoms with Crippen molar-refractivity contribution in [2.45, 2.75) is 46.5 Å². The molecule has 0 aliphatic rings. The molecule has 0 saturated carbocycles. The van der Waals surface area contributed by atoms with E-state index < -0.39 is 7.60 Å². The minimum absolute atomic E-state index is 0.105. The zero-order valence-corrected chi connectivity index (χ0v) is 13.1. The zero-order valence-electron chi connectivity index (χ0n) is 12.2. The van der Waals surface area contributed by atoms with Crippen LogP contribution in [0.1, 0.15) is 46.5 Å². The predicted octanol–water partition coefficient (Wildman–Crippen LogP) is 3.46. The van der Waals surface area contributed by atoms with Crippen molar-refractivity contribution in [2.75, 3.05) is 19.5 Å². The zero-order chi connectivity index (χ0) is 14.7. The Hall–Kier alpha value is -0.640. The van der Waals surface area contributed by atoms with Gasteiger partial charge in [0.05, 0.1) is 13.2 Å². The van der Waals surface area contributed by atoms with Crippen LogP contribution in [0.3, 0.4) is 0 Å². The molecule has 0 aromatic carbocycles. The molecule has 112 valence electrons. The first-order valence-corrected chi connectivity index (χ1v) is 8.49. The third-order valence-corrected chi connectivity index (χ3v) is 4.09. The molecular weight excluding hydrogens is 265 g/mol. The lowest BCUT2D eigenvalue weighted by Crippen LogP contribution is -2.26. The lowest BCUT2D eigenvalue weighted by molar-refractivity contribution is -0.117. The number of carbonyl (C=O) groups is 1. The van der Waals surface area contributed by atoms with Gasteiger partial charge < -0.3 is 14.4 Å². The Morgan fingerprint density at radius 3 is 2.00 bits per heavy atom. The monoisotopic (exact) mass is 291 g/mol. The van der Waals surface area contributed by atoms with Gasteiger partial charge in [0.15, 0.2) is 0 Å². The molecular formula is C13H26NO4P. The molecule has 0 aromatic rings. The minimum Gasteiger partial charge on any atom is -0.341 e. The molecule has 0 fully saturated rings. The number of unbranched alkanes of at least 4 members (excludes halogenated alkanes) is 2. The van der Waals surface area contributed by atoms with Crippen LogP contribution in [0.2, 0.25) is 0 Å². The highest BCUT2D eigenvalue weighted by Crippen LogP contribution is 2.47. The molecule has 0 radical (unpaired) electrons. The average Bonchev–Trinajstić information content (AvgIpc) is 2.36. The Kier molecular flexibility index (Phi) is 9.84. The van der Waals surface area contributed by atoms with Crippen molar-refractivity contribution in [3.8, 4) is 0 Å². The van der Waals surface area contributed by atoms with Gasteiger partial charge in [-0.1, -0.05) is 33.3 Å². The maximum absolute atomic E-state index is 12.4. The summed E-state index contributed by atoms with van der Waals surface area (Å²) in [6.45, 7) is 9.92. The normalized spacial score (nSPS) is 11.3. The molecule has 0 saturated heterocycles. The molecule has 0 aliphatic carbocycles. The van der Waals surface area contributed by atoms with E-state index in [1.54, 1.807) is 6.92 Å². The minimum atomic E-state index is -3.25. The first kappa shape index (κ1) is 18.4. The highest BCUT2D eigenvalue weighted by molar-refractivity contribution is 7.53. The number of rotatable bonds is 11. The van der Waals surface area contributed by atoms with Gasteiger partial charge in [0, 0.05) is 5.57 Å². The third-order valence-electron chi connectivity index (χ3n) is 2.39. The maximum Gasteiger partial charge on any atom is 0.349 e. The lowest BCUT2D eigenvalue weighted by atomic mass is 10.3. The number of nitrogens with one attached hydrogen (secondary N) is 1. The van der Waals surface area contributed by atoms with Gasteiger partial charge >= 0.3 is 7.60 Å².